The van der Waals surface area contributed by atoms with Crippen molar-refractivity contribution >= 4 is 11.6 Å². The molecule has 0 aliphatic heterocycles. The molecule has 0 saturated carbocycles. The summed E-state index contributed by atoms with van der Waals surface area (Å²) in [7, 11) is 1.63. The molecule has 1 aromatic heterocycles. The molecule has 0 radical (unpaired) electrons. The molecule has 0 bridgehead atoms. The number of rotatable bonds is 3. The highest BCUT2D eigenvalue weighted by Crippen LogP contribution is 2.35. The van der Waals surface area contributed by atoms with Gasteiger partial charge in [-0.15, -0.1) is 0 Å². The molecule has 4 rings (SSSR count). The molecule has 1 aliphatic rings. The summed E-state index contributed by atoms with van der Waals surface area (Å²) in [5.74, 6) is -0.0623. The molecule has 2 N–H and O–H groups in total. The van der Waals surface area contributed by atoms with Gasteiger partial charge in [0.05, 0.1) is 18.5 Å². The summed E-state index contributed by atoms with van der Waals surface area (Å²) in [6.07, 6.45) is 1.48. The van der Waals surface area contributed by atoms with Gasteiger partial charge in [0.15, 0.2) is 0 Å². The number of H-pyrrole nitrogens is 1. The Labute approximate surface area is 143 Å². The van der Waals surface area contributed by atoms with E-state index in [4.69, 9.17) is 4.74 Å². The number of aryl methyl sites for hydroxylation is 1. The quantitative estimate of drug-likeness (QED) is 0.768. The molecule has 2 aromatic carbocycles. The third-order valence-corrected chi connectivity index (χ3v) is 4.43. The van der Waals surface area contributed by atoms with Gasteiger partial charge in [-0.05, 0) is 48.7 Å². The second kappa shape index (κ2) is 6.05. The molecule has 1 aliphatic carbocycles. The van der Waals surface area contributed by atoms with Crippen molar-refractivity contribution in [2.24, 2.45) is 0 Å². The van der Waals surface area contributed by atoms with E-state index in [-0.39, 0.29) is 5.69 Å². The fourth-order valence-electron chi connectivity index (χ4n) is 3.16. The molecule has 25 heavy (non-hydrogen) atoms. The van der Waals surface area contributed by atoms with Crippen molar-refractivity contribution < 1.29 is 13.9 Å². The van der Waals surface area contributed by atoms with Gasteiger partial charge in [0.25, 0.3) is 5.91 Å². The molecule has 5 nitrogen and oxygen atoms in total. The van der Waals surface area contributed by atoms with Crippen LogP contribution in [0.25, 0.3) is 11.3 Å². The number of anilines is 1. The highest BCUT2D eigenvalue weighted by atomic mass is 19.1. The van der Waals surface area contributed by atoms with E-state index >= 15 is 0 Å². The van der Waals surface area contributed by atoms with Crippen LogP contribution in [-0.2, 0) is 12.8 Å². The Morgan fingerprint density at radius 2 is 2.08 bits per heavy atom. The zero-order valence-electron chi connectivity index (χ0n) is 13.6. The van der Waals surface area contributed by atoms with Crippen LogP contribution in [0.1, 0.15) is 21.6 Å². The number of benzene rings is 2. The lowest BCUT2D eigenvalue weighted by Gasteiger charge is -2.17. The minimum atomic E-state index is -0.471. The van der Waals surface area contributed by atoms with Crippen LogP contribution in [0.3, 0.4) is 0 Å². The minimum Gasteiger partial charge on any atom is -0.497 e. The first-order valence-electron chi connectivity index (χ1n) is 7.98. The minimum absolute atomic E-state index is 0.150. The lowest BCUT2D eigenvalue weighted by atomic mass is 9.89. The van der Waals surface area contributed by atoms with E-state index in [1.807, 2.05) is 18.2 Å². The van der Waals surface area contributed by atoms with E-state index in [1.165, 1.54) is 12.1 Å². The van der Waals surface area contributed by atoms with Gasteiger partial charge in [-0.2, -0.15) is 5.10 Å². The number of halogens is 1. The number of nitrogens with zero attached hydrogens (tertiary/aromatic N) is 1. The average molecular weight is 337 g/mol. The fourth-order valence-corrected chi connectivity index (χ4v) is 3.16. The maximum Gasteiger partial charge on any atom is 0.274 e. The van der Waals surface area contributed by atoms with Crippen molar-refractivity contribution in [1.29, 1.82) is 0 Å². The number of aromatic amines is 1. The van der Waals surface area contributed by atoms with Crippen LogP contribution in [0.4, 0.5) is 10.1 Å². The Kier molecular flexibility index (Phi) is 3.72. The van der Waals surface area contributed by atoms with E-state index in [1.54, 1.807) is 19.2 Å². The van der Waals surface area contributed by atoms with Crippen LogP contribution in [0.15, 0.2) is 42.5 Å². The molecule has 3 aromatic rings. The number of hydrogen-bond acceptors (Lipinski definition) is 3. The Balaban J connectivity index is 1.67. The zero-order chi connectivity index (χ0) is 17.4. The van der Waals surface area contributed by atoms with E-state index in [0.717, 1.165) is 34.6 Å². The van der Waals surface area contributed by atoms with E-state index in [0.29, 0.717) is 12.1 Å². The van der Waals surface area contributed by atoms with Gasteiger partial charge >= 0.3 is 0 Å². The van der Waals surface area contributed by atoms with E-state index < -0.39 is 11.7 Å². The lowest BCUT2D eigenvalue weighted by molar-refractivity contribution is 0.102. The molecular formula is C19H16FN3O2. The number of carbonyl (C=O) groups excluding carboxylic acids is 1. The van der Waals surface area contributed by atoms with Gasteiger partial charge in [0, 0.05) is 11.1 Å². The highest BCUT2D eigenvalue weighted by Gasteiger charge is 2.25. The molecule has 1 heterocycles. The van der Waals surface area contributed by atoms with Gasteiger partial charge in [-0.1, -0.05) is 12.1 Å². The number of fused-ring (bicyclic) bond motifs is 3. The van der Waals surface area contributed by atoms with Crippen molar-refractivity contribution in [1.82, 2.24) is 10.2 Å². The Bertz CT molecular complexity index is 965. The predicted molar refractivity (Wildman–Crippen MR) is 92.3 cm³/mol. The van der Waals surface area contributed by atoms with Gasteiger partial charge in [0.1, 0.15) is 17.3 Å². The molecule has 0 spiro atoms. The molecule has 0 unspecified atom stereocenters. The van der Waals surface area contributed by atoms with Gasteiger partial charge in [0.2, 0.25) is 0 Å². The SMILES string of the molecule is COc1ccc2c(c1)CCc1c-2n[nH]c1C(=O)Nc1ccccc1F. The van der Waals surface area contributed by atoms with Crippen molar-refractivity contribution in [2.45, 2.75) is 12.8 Å². The Morgan fingerprint density at radius 3 is 2.88 bits per heavy atom. The number of carbonyl (C=O) groups is 1. The van der Waals surface area contributed by atoms with Crippen molar-refractivity contribution in [3.05, 3.63) is 65.1 Å². The topological polar surface area (TPSA) is 67.0 Å². The summed E-state index contributed by atoms with van der Waals surface area (Å²) >= 11 is 0. The summed E-state index contributed by atoms with van der Waals surface area (Å²) in [5.41, 5.74) is 4.27. The first-order chi connectivity index (χ1) is 12.2. The standard InChI is InChI=1S/C19H16FN3O2/c1-25-12-7-9-13-11(10-12)6-8-14-17(13)22-23-18(14)19(24)21-16-5-3-2-4-15(16)20/h2-5,7,9-10H,6,8H2,1H3,(H,21,24)(H,22,23). The second-order valence-corrected chi connectivity index (χ2v) is 5.88. The molecule has 0 saturated heterocycles. The molecule has 126 valence electrons. The summed E-state index contributed by atoms with van der Waals surface area (Å²) in [5, 5.41) is 9.73. The zero-order valence-corrected chi connectivity index (χ0v) is 13.6. The normalized spacial score (nSPS) is 12.2. The van der Waals surface area contributed by atoms with E-state index in [2.05, 4.69) is 15.5 Å². The van der Waals surface area contributed by atoms with E-state index in [9.17, 15) is 9.18 Å². The third-order valence-electron chi connectivity index (χ3n) is 4.43. The second-order valence-electron chi connectivity index (χ2n) is 5.88. The van der Waals surface area contributed by atoms with Crippen LogP contribution in [0, 0.1) is 5.82 Å². The number of amides is 1. The van der Waals surface area contributed by atoms with Gasteiger partial charge < -0.3 is 10.1 Å². The first-order valence-corrected chi connectivity index (χ1v) is 7.98. The molecule has 0 fully saturated rings. The number of hydrogen-bond donors (Lipinski definition) is 2. The summed E-state index contributed by atoms with van der Waals surface area (Å²) in [4.78, 5) is 12.5. The smallest absolute Gasteiger partial charge is 0.274 e. The lowest BCUT2D eigenvalue weighted by Crippen LogP contribution is -2.16. The van der Waals surface area contributed by atoms with Crippen molar-refractivity contribution in [3.8, 4) is 17.0 Å². The van der Waals surface area contributed by atoms with Gasteiger partial charge in [-0.3, -0.25) is 9.89 Å². The third kappa shape index (κ3) is 2.65. The van der Waals surface area contributed by atoms with Gasteiger partial charge in [-0.25, -0.2) is 4.39 Å². The summed E-state index contributed by atoms with van der Waals surface area (Å²) < 4.78 is 19.0. The monoisotopic (exact) mass is 337 g/mol. The predicted octanol–water partition coefficient (Wildman–Crippen LogP) is 3.58. The highest BCUT2D eigenvalue weighted by molar-refractivity contribution is 6.05. The maximum atomic E-state index is 13.7. The summed E-state index contributed by atoms with van der Waals surface area (Å²) in [6.45, 7) is 0. The number of methoxy groups -OCH3 is 1. The van der Waals surface area contributed by atoms with Crippen LogP contribution in [-0.4, -0.2) is 23.2 Å². The first kappa shape index (κ1) is 15.4. The number of nitrogens with one attached hydrogen (secondary N) is 2. The number of aromatic nitrogens is 2. The van der Waals surface area contributed by atoms with Crippen LogP contribution in [0.2, 0.25) is 0 Å². The van der Waals surface area contributed by atoms with Crippen molar-refractivity contribution in [3.63, 3.8) is 0 Å². The Hall–Kier alpha value is -3.15. The average Bonchev–Trinajstić information content (AvgIpc) is 3.07. The van der Waals surface area contributed by atoms with Crippen LogP contribution in [0.5, 0.6) is 5.75 Å². The van der Waals surface area contributed by atoms with Crippen LogP contribution < -0.4 is 10.1 Å². The largest absolute Gasteiger partial charge is 0.497 e. The molecule has 0 atom stereocenters. The summed E-state index contributed by atoms with van der Waals surface area (Å²) in [6, 6.07) is 11.9. The number of ether oxygens (including phenoxy) is 1. The number of para-hydroxylation sites is 1. The molecule has 1 amide bonds. The van der Waals surface area contributed by atoms with Crippen LogP contribution >= 0.6 is 0 Å². The molecular weight excluding hydrogens is 321 g/mol. The van der Waals surface area contributed by atoms with Crippen molar-refractivity contribution in [2.75, 3.05) is 12.4 Å². The fraction of sp³-hybridized carbons (Fsp3) is 0.158. The Morgan fingerprint density at radius 1 is 1.24 bits per heavy atom. The molecule has 6 heteroatoms. The maximum absolute atomic E-state index is 13.7.